The van der Waals surface area contributed by atoms with Crippen LogP contribution in [0.5, 0.6) is 0 Å². The number of amides is 2. The Labute approximate surface area is 237 Å². The van der Waals surface area contributed by atoms with Crippen LogP contribution >= 0.6 is 0 Å². The van der Waals surface area contributed by atoms with Crippen molar-refractivity contribution in [2.24, 2.45) is 0 Å². The zero-order valence-electron chi connectivity index (χ0n) is 22.7. The fraction of sp³-hybridized carbons (Fsp3) is 0.321. The van der Waals surface area contributed by atoms with E-state index in [0.717, 1.165) is 18.3 Å². The molecule has 0 saturated carbocycles. The van der Waals surface area contributed by atoms with Gasteiger partial charge in [0.25, 0.3) is 11.8 Å². The van der Waals surface area contributed by atoms with Crippen LogP contribution in [0.4, 0.5) is 29.2 Å². The van der Waals surface area contributed by atoms with Crippen molar-refractivity contribution in [2.45, 2.75) is 38.2 Å². The third-order valence-electron chi connectivity index (χ3n) is 6.75. The van der Waals surface area contributed by atoms with Crippen molar-refractivity contribution in [3.63, 3.8) is 0 Å². The number of aromatic nitrogens is 4. The summed E-state index contributed by atoms with van der Waals surface area (Å²) < 4.78 is 60.9. The molecule has 0 aliphatic carbocycles. The molecule has 0 radical (unpaired) electrons. The highest BCUT2D eigenvalue weighted by molar-refractivity contribution is 6.04. The number of halogens is 4. The van der Waals surface area contributed by atoms with Crippen molar-refractivity contribution in [2.75, 3.05) is 30.7 Å². The van der Waals surface area contributed by atoms with Gasteiger partial charge in [-0.3, -0.25) is 14.0 Å². The molecule has 1 aliphatic rings. The molecule has 4 heterocycles. The van der Waals surface area contributed by atoms with E-state index >= 15 is 0 Å². The van der Waals surface area contributed by atoms with E-state index in [0.29, 0.717) is 29.0 Å². The number of hydrogen-bond acceptors (Lipinski definition) is 7. The Kier molecular flexibility index (Phi) is 7.58. The first-order chi connectivity index (χ1) is 19.8. The van der Waals surface area contributed by atoms with Gasteiger partial charge in [-0.15, -0.1) is 0 Å². The third-order valence-corrected chi connectivity index (χ3v) is 6.75. The SMILES string of the molecule is CC(C)(F)C(=O)N1CCOC(Cc2nc(-c3ccc(C(=O)Nc4cc(C(F)(F)F)ccn4)cc3)c3c(N)nccn23)C1. The summed E-state index contributed by atoms with van der Waals surface area (Å²) in [6, 6.07) is 7.84. The number of imidazole rings is 1. The molecule has 1 aromatic carbocycles. The number of nitrogen functional groups attached to an aromatic ring is 1. The Bertz CT molecular complexity index is 1630. The lowest BCUT2D eigenvalue weighted by Crippen LogP contribution is -2.51. The second-order valence-corrected chi connectivity index (χ2v) is 10.3. The van der Waals surface area contributed by atoms with Crippen LogP contribution in [0.15, 0.2) is 55.0 Å². The number of nitrogens with one attached hydrogen (secondary N) is 1. The van der Waals surface area contributed by atoms with E-state index in [1.165, 1.54) is 37.1 Å². The smallest absolute Gasteiger partial charge is 0.382 e. The van der Waals surface area contributed by atoms with Gasteiger partial charge in [-0.2, -0.15) is 13.2 Å². The Morgan fingerprint density at radius 3 is 2.52 bits per heavy atom. The quantitative estimate of drug-likeness (QED) is 0.325. The topological polar surface area (TPSA) is 128 Å². The van der Waals surface area contributed by atoms with Crippen LogP contribution in [0.25, 0.3) is 16.8 Å². The van der Waals surface area contributed by atoms with Crippen LogP contribution in [-0.2, 0) is 22.1 Å². The van der Waals surface area contributed by atoms with Crippen LogP contribution in [-0.4, -0.2) is 67.5 Å². The summed E-state index contributed by atoms with van der Waals surface area (Å²) in [5, 5.41) is 2.37. The van der Waals surface area contributed by atoms with Gasteiger partial charge >= 0.3 is 6.18 Å². The van der Waals surface area contributed by atoms with E-state index in [9.17, 15) is 27.2 Å². The van der Waals surface area contributed by atoms with E-state index in [1.807, 2.05) is 0 Å². The van der Waals surface area contributed by atoms with Crippen LogP contribution in [0.2, 0.25) is 0 Å². The van der Waals surface area contributed by atoms with E-state index in [2.05, 4.69) is 15.3 Å². The van der Waals surface area contributed by atoms with Crippen molar-refractivity contribution in [1.82, 2.24) is 24.3 Å². The maximum absolute atomic E-state index is 14.3. The van der Waals surface area contributed by atoms with E-state index in [1.54, 1.807) is 22.7 Å². The van der Waals surface area contributed by atoms with Gasteiger partial charge in [0.1, 0.15) is 28.7 Å². The zero-order valence-corrected chi connectivity index (χ0v) is 22.7. The largest absolute Gasteiger partial charge is 0.416 e. The molecule has 1 saturated heterocycles. The summed E-state index contributed by atoms with van der Waals surface area (Å²) in [7, 11) is 0. The van der Waals surface area contributed by atoms with Gasteiger partial charge in [0.05, 0.1) is 18.3 Å². The summed E-state index contributed by atoms with van der Waals surface area (Å²) >= 11 is 0. The monoisotopic (exact) mass is 585 g/mol. The minimum atomic E-state index is -4.57. The molecule has 1 aliphatic heterocycles. The number of nitrogens with zero attached hydrogens (tertiary/aromatic N) is 5. The molecule has 2 amide bonds. The number of anilines is 2. The summed E-state index contributed by atoms with van der Waals surface area (Å²) in [6.45, 7) is 3.19. The van der Waals surface area contributed by atoms with Crippen LogP contribution in [0.1, 0.15) is 35.6 Å². The Morgan fingerprint density at radius 1 is 1.10 bits per heavy atom. The number of carbonyl (C=O) groups is 2. The average Bonchev–Trinajstić information content (AvgIpc) is 3.31. The first-order valence-corrected chi connectivity index (χ1v) is 13.0. The maximum Gasteiger partial charge on any atom is 0.416 e. The number of fused-ring (bicyclic) bond motifs is 1. The van der Waals surface area contributed by atoms with Crippen LogP contribution in [0.3, 0.4) is 0 Å². The number of rotatable bonds is 6. The molecule has 0 bridgehead atoms. The Hall–Kier alpha value is -4.59. The maximum atomic E-state index is 14.3. The summed E-state index contributed by atoms with van der Waals surface area (Å²) in [4.78, 5) is 39.4. The number of morpholine rings is 1. The van der Waals surface area contributed by atoms with Gasteiger partial charge in [0.15, 0.2) is 5.67 Å². The first kappa shape index (κ1) is 28.9. The minimum Gasteiger partial charge on any atom is -0.382 e. The molecule has 42 heavy (non-hydrogen) atoms. The molecule has 1 atom stereocenters. The molecule has 10 nitrogen and oxygen atoms in total. The predicted molar refractivity (Wildman–Crippen MR) is 145 cm³/mol. The second-order valence-electron chi connectivity index (χ2n) is 10.3. The molecule has 1 unspecified atom stereocenters. The molecule has 0 spiro atoms. The summed E-state index contributed by atoms with van der Waals surface area (Å²) in [6.07, 6.45) is -0.526. The van der Waals surface area contributed by atoms with Crippen LogP contribution in [0, 0.1) is 0 Å². The second kappa shape index (κ2) is 11.0. The average molecular weight is 586 g/mol. The van der Waals surface area contributed by atoms with Gasteiger partial charge < -0.3 is 20.7 Å². The molecule has 220 valence electrons. The highest BCUT2D eigenvalue weighted by atomic mass is 19.4. The molecule has 1 fully saturated rings. The highest BCUT2D eigenvalue weighted by Gasteiger charge is 2.35. The highest BCUT2D eigenvalue weighted by Crippen LogP contribution is 2.31. The number of pyridine rings is 1. The van der Waals surface area contributed by atoms with Gasteiger partial charge in [0, 0.05) is 49.2 Å². The van der Waals surface area contributed by atoms with Crippen molar-refractivity contribution < 1.29 is 31.9 Å². The fourth-order valence-corrected chi connectivity index (χ4v) is 4.72. The van der Waals surface area contributed by atoms with Gasteiger partial charge in [-0.25, -0.2) is 19.3 Å². The minimum absolute atomic E-state index is 0.184. The third kappa shape index (κ3) is 6.03. The lowest BCUT2D eigenvalue weighted by atomic mass is 10.1. The number of hydrogen-bond donors (Lipinski definition) is 2. The van der Waals surface area contributed by atoms with Crippen molar-refractivity contribution in [1.29, 1.82) is 0 Å². The van der Waals surface area contributed by atoms with E-state index in [-0.39, 0.29) is 36.9 Å². The molecule has 5 rings (SSSR count). The number of ether oxygens (including phenoxy) is 1. The Balaban J connectivity index is 1.37. The molecule has 14 heteroatoms. The first-order valence-electron chi connectivity index (χ1n) is 13.0. The van der Waals surface area contributed by atoms with E-state index < -0.39 is 35.3 Å². The normalized spacial score (nSPS) is 16.0. The van der Waals surface area contributed by atoms with E-state index in [4.69, 9.17) is 15.5 Å². The standard InChI is InChI=1S/C28H27F4N7O3/c1-27(2,29)26(41)38-11-12-42-19(15-38)14-21-37-22(23-24(33)35-9-10-39(21)23)16-3-5-17(6-4-16)25(40)36-20-13-18(7-8-34-20)28(30,31)32/h3-10,13,19H,11-12,14-15H2,1-2H3,(H2,33,35)(H,34,36,40). The molecule has 3 aromatic heterocycles. The van der Waals surface area contributed by atoms with Crippen molar-refractivity contribution >= 4 is 29.0 Å². The molecule has 4 aromatic rings. The summed E-state index contributed by atoms with van der Waals surface area (Å²) in [5.41, 5.74) is 5.07. The lowest BCUT2D eigenvalue weighted by Gasteiger charge is -2.35. The summed E-state index contributed by atoms with van der Waals surface area (Å²) in [5.74, 6) is -0.696. The molecular formula is C28H27F4N7O3. The van der Waals surface area contributed by atoms with Gasteiger partial charge in [0.2, 0.25) is 0 Å². The lowest BCUT2D eigenvalue weighted by molar-refractivity contribution is -0.149. The number of nitrogens with two attached hydrogens (primary N) is 1. The molecular weight excluding hydrogens is 558 g/mol. The predicted octanol–water partition coefficient (Wildman–Crippen LogP) is 4.16. The zero-order chi connectivity index (χ0) is 30.2. The molecule has 3 N–H and O–H groups in total. The van der Waals surface area contributed by atoms with Gasteiger partial charge in [-0.05, 0) is 38.1 Å². The van der Waals surface area contributed by atoms with Crippen molar-refractivity contribution in [3.8, 4) is 11.3 Å². The number of benzene rings is 1. The Morgan fingerprint density at radius 2 is 1.83 bits per heavy atom. The van der Waals surface area contributed by atoms with Crippen molar-refractivity contribution in [3.05, 3.63) is 71.9 Å². The number of alkyl halides is 4. The van der Waals surface area contributed by atoms with Gasteiger partial charge in [-0.1, -0.05) is 12.1 Å². The number of carbonyl (C=O) groups excluding carboxylic acids is 2. The fourth-order valence-electron chi connectivity index (χ4n) is 4.72. The van der Waals surface area contributed by atoms with Crippen LogP contribution < -0.4 is 11.1 Å².